The van der Waals surface area contributed by atoms with Crippen LogP contribution in [-0.2, 0) is 0 Å². The Balaban J connectivity index is 3.12. The average Bonchev–Trinajstić information content (AvgIpc) is 2.01. The van der Waals surface area contributed by atoms with Crippen molar-refractivity contribution in [1.29, 1.82) is 0 Å². The van der Waals surface area contributed by atoms with E-state index in [-0.39, 0.29) is 23.5 Å². The fourth-order valence-corrected chi connectivity index (χ4v) is 2.41. The Morgan fingerprint density at radius 1 is 0.714 bits per heavy atom. The quantitative estimate of drug-likeness (QED) is 0.590. The zero-order chi connectivity index (χ0) is 11.0. The van der Waals surface area contributed by atoms with Crippen molar-refractivity contribution in [3.63, 3.8) is 0 Å². The molecule has 8 heteroatoms. The predicted molar refractivity (Wildman–Crippen MR) is 43.5 cm³/mol. The van der Waals surface area contributed by atoms with Crippen molar-refractivity contribution in [3.05, 3.63) is 20.6 Å². The molecule has 0 amide bonds. The van der Waals surface area contributed by atoms with Crippen LogP contribution in [-0.4, -0.2) is 12.4 Å². The van der Waals surface area contributed by atoms with E-state index in [1.807, 2.05) is 0 Å². The molecule has 0 spiro atoms. The van der Waals surface area contributed by atoms with Crippen LogP contribution in [0, 0.1) is 0 Å². The second-order valence-electron chi connectivity index (χ2n) is 2.16. The Bertz CT molecular complexity index is 256. The number of halogens is 6. The molecule has 0 unspecified atom stereocenters. The summed E-state index contributed by atoms with van der Waals surface area (Å²) in [6.45, 7) is 0. The molecule has 1 rings (SSSR count). The van der Waals surface area contributed by atoms with Crippen LogP contribution < -0.4 is 0 Å². The Morgan fingerprint density at radius 2 is 1.00 bits per heavy atom. The van der Waals surface area contributed by atoms with Crippen LogP contribution in [0.15, 0.2) is 20.6 Å². The molecule has 0 aromatic rings. The van der Waals surface area contributed by atoms with E-state index >= 15 is 0 Å². The zero-order valence-electron chi connectivity index (χ0n) is 6.24. The van der Waals surface area contributed by atoms with Gasteiger partial charge in [-0.05, 0) is 10.8 Å². The number of rotatable bonds is 0. The van der Waals surface area contributed by atoms with Gasteiger partial charge in [0, 0.05) is 0 Å². The minimum atomic E-state index is -4.95. The molecule has 1 aliphatic rings. The van der Waals surface area contributed by atoms with Crippen molar-refractivity contribution in [2.45, 2.75) is 12.4 Å². The van der Waals surface area contributed by atoms with Crippen LogP contribution in [0.25, 0.3) is 0 Å². The van der Waals surface area contributed by atoms with Gasteiger partial charge in [-0.1, -0.05) is 23.5 Å². The maximum Gasteiger partial charge on any atom is 0.423 e. The largest absolute Gasteiger partial charge is 0.423 e. The second kappa shape index (κ2) is 3.73. The first-order chi connectivity index (χ1) is 6.23. The molecule has 80 valence electrons. The molecule has 14 heavy (non-hydrogen) atoms. The summed E-state index contributed by atoms with van der Waals surface area (Å²) in [5.41, 5.74) is 0. The predicted octanol–water partition coefficient (Wildman–Crippen LogP) is 4.27. The molecule has 1 aliphatic heterocycles. The van der Waals surface area contributed by atoms with Gasteiger partial charge in [-0.2, -0.15) is 26.3 Å². The third-order valence-electron chi connectivity index (χ3n) is 1.15. The first kappa shape index (κ1) is 11.8. The van der Waals surface area contributed by atoms with Gasteiger partial charge in [-0.3, -0.25) is 0 Å². The fourth-order valence-electron chi connectivity index (χ4n) is 0.690. The van der Waals surface area contributed by atoms with E-state index in [1.165, 1.54) is 0 Å². The zero-order valence-corrected chi connectivity index (χ0v) is 7.87. The van der Waals surface area contributed by atoms with Crippen molar-refractivity contribution in [3.8, 4) is 0 Å². The summed E-state index contributed by atoms with van der Waals surface area (Å²) in [5, 5.41) is 1.95. The SMILES string of the molecule is FC(F)(F)C1=C(C(F)(F)F)SC=CS1. The van der Waals surface area contributed by atoms with Crippen LogP contribution in [0.2, 0.25) is 0 Å². The molecule has 0 aromatic heterocycles. The number of hydrogen-bond donors (Lipinski definition) is 0. The third kappa shape index (κ3) is 2.63. The molecule has 0 radical (unpaired) electrons. The Hall–Kier alpha value is -0.240. The van der Waals surface area contributed by atoms with Gasteiger partial charge in [0.25, 0.3) is 0 Å². The van der Waals surface area contributed by atoms with Crippen LogP contribution in [0.4, 0.5) is 26.3 Å². The summed E-state index contributed by atoms with van der Waals surface area (Å²) >= 11 is 0.0767. The van der Waals surface area contributed by atoms with Gasteiger partial charge in [0.2, 0.25) is 0 Å². The average molecular weight is 252 g/mol. The highest BCUT2D eigenvalue weighted by Crippen LogP contribution is 2.50. The molecule has 0 N–H and O–H groups in total. The van der Waals surface area contributed by atoms with Crippen LogP contribution in [0.1, 0.15) is 0 Å². The smallest absolute Gasteiger partial charge is 0.166 e. The summed E-state index contributed by atoms with van der Waals surface area (Å²) in [6, 6.07) is 0. The summed E-state index contributed by atoms with van der Waals surface area (Å²) in [4.78, 5) is -3.20. The number of alkyl halides is 6. The van der Waals surface area contributed by atoms with E-state index in [4.69, 9.17) is 0 Å². The molecule has 0 bridgehead atoms. The van der Waals surface area contributed by atoms with Crippen molar-refractivity contribution in [2.75, 3.05) is 0 Å². The van der Waals surface area contributed by atoms with Crippen LogP contribution in [0.5, 0.6) is 0 Å². The molecule has 0 aromatic carbocycles. The molecule has 0 atom stereocenters. The first-order valence-electron chi connectivity index (χ1n) is 3.10. The molecule has 0 saturated heterocycles. The fraction of sp³-hybridized carbons (Fsp3) is 0.333. The Labute approximate surface area is 83.4 Å². The van der Waals surface area contributed by atoms with E-state index in [1.54, 1.807) is 0 Å². The molecule has 0 aliphatic carbocycles. The van der Waals surface area contributed by atoms with E-state index < -0.39 is 22.2 Å². The number of hydrogen-bond acceptors (Lipinski definition) is 2. The lowest BCUT2D eigenvalue weighted by Gasteiger charge is -2.19. The van der Waals surface area contributed by atoms with E-state index in [2.05, 4.69) is 0 Å². The van der Waals surface area contributed by atoms with Gasteiger partial charge in [-0.15, -0.1) is 0 Å². The maximum absolute atomic E-state index is 12.1. The van der Waals surface area contributed by atoms with Crippen molar-refractivity contribution >= 4 is 23.5 Å². The molecule has 0 saturated carbocycles. The second-order valence-corrected chi connectivity index (χ2v) is 3.99. The third-order valence-corrected chi connectivity index (χ3v) is 3.34. The summed E-state index contributed by atoms with van der Waals surface area (Å²) in [7, 11) is 0. The van der Waals surface area contributed by atoms with Gasteiger partial charge in [-0.25, -0.2) is 0 Å². The highest BCUT2D eigenvalue weighted by Gasteiger charge is 2.46. The van der Waals surface area contributed by atoms with Gasteiger partial charge in [0.05, 0.1) is 0 Å². The molecular formula is C6H2F6S2. The van der Waals surface area contributed by atoms with Crippen LogP contribution in [0.3, 0.4) is 0 Å². The lowest BCUT2D eigenvalue weighted by molar-refractivity contribution is -0.103. The van der Waals surface area contributed by atoms with E-state index in [0.29, 0.717) is 0 Å². The van der Waals surface area contributed by atoms with Crippen molar-refractivity contribution in [2.24, 2.45) is 0 Å². The Morgan fingerprint density at radius 3 is 1.21 bits per heavy atom. The highest BCUT2D eigenvalue weighted by atomic mass is 32.2. The molecular weight excluding hydrogens is 250 g/mol. The summed E-state index contributed by atoms with van der Waals surface area (Å²) in [6.07, 6.45) is -9.90. The first-order valence-corrected chi connectivity index (χ1v) is 4.86. The van der Waals surface area contributed by atoms with Crippen molar-refractivity contribution < 1.29 is 26.3 Å². The van der Waals surface area contributed by atoms with Gasteiger partial charge in [0.15, 0.2) is 0 Å². The highest BCUT2D eigenvalue weighted by molar-refractivity contribution is 8.12. The van der Waals surface area contributed by atoms with E-state index in [9.17, 15) is 26.3 Å². The molecule has 0 nitrogen and oxygen atoms in total. The maximum atomic E-state index is 12.1. The minimum absolute atomic E-state index is 0.0384. The standard InChI is InChI=1S/C6H2F6S2/c7-5(8,9)3-4(6(10,11)12)14-2-1-13-3/h1-2H. The molecule has 1 heterocycles. The van der Waals surface area contributed by atoms with Gasteiger partial charge in [0.1, 0.15) is 9.81 Å². The van der Waals surface area contributed by atoms with Crippen LogP contribution >= 0.6 is 23.5 Å². The summed E-state index contributed by atoms with van der Waals surface area (Å²) in [5.74, 6) is 0. The van der Waals surface area contributed by atoms with E-state index in [0.717, 1.165) is 10.8 Å². The minimum Gasteiger partial charge on any atom is -0.166 e. The number of thioether (sulfide) groups is 2. The van der Waals surface area contributed by atoms with Crippen molar-refractivity contribution in [1.82, 2.24) is 0 Å². The monoisotopic (exact) mass is 252 g/mol. The topological polar surface area (TPSA) is 0 Å². The Kier molecular flexibility index (Phi) is 3.15. The summed E-state index contributed by atoms with van der Waals surface area (Å²) < 4.78 is 72.6. The lowest BCUT2D eigenvalue weighted by atomic mass is 10.4. The molecule has 0 fully saturated rings. The van der Waals surface area contributed by atoms with Gasteiger partial charge < -0.3 is 0 Å². The van der Waals surface area contributed by atoms with Gasteiger partial charge >= 0.3 is 12.4 Å². The normalized spacial score (nSPS) is 19.0. The number of allylic oxidation sites excluding steroid dienone is 2. The lowest BCUT2D eigenvalue weighted by Crippen LogP contribution is -2.19.